The highest BCUT2D eigenvalue weighted by Gasteiger charge is 2.21. The number of fused-ring (bicyclic) bond motifs is 2. The van der Waals surface area contributed by atoms with Gasteiger partial charge in [-0.15, -0.1) is 11.3 Å². The Labute approximate surface area is 125 Å². The van der Waals surface area contributed by atoms with Crippen LogP contribution < -0.4 is 4.90 Å². The Morgan fingerprint density at radius 2 is 2.05 bits per heavy atom. The highest BCUT2D eigenvalue weighted by atomic mass is 35.5. The molecule has 0 saturated carbocycles. The Balaban J connectivity index is 1.94. The summed E-state index contributed by atoms with van der Waals surface area (Å²) in [5.41, 5.74) is 2.61. The summed E-state index contributed by atoms with van der Waals surface area (Å²) < 4.78 is 0. The minimum Gasteiger partial charge on any atom is -0.325 e. The lowest BCUT2D eigenvalue weighted by Crippen LogP contribution is -2.25. The van der Waals surface area contributed by atoms with Crippen LogP contribution in [0, 0.1) is 0 Å². The summed E-state index contributed by atoms with van der Waals surface area (Å²) >= 11 is 7.68. The largest absolute Gasteiger partial charge is 0.325 e. The number of aromatic nitrogens is 2. The minimum absolute atomic E-state index is 0.318. The maximum Gasteiger partial charge on any atom is 0.225 e. The van der Waals surface area contributed by atoms with E-state index in [1.54, 1.807) is 11.3 Å². The summed E-state index contributed by atoms with van der Waals surface area (Å²) in [5, 5.41) is 3.43. The van der Waals surface area contributed by atoms with Crippen LogP contribution in [0.3, 0.4) is 0 Å². The summed E-state index contributed by atoms with van der Waals surface area (Å²) in [6, 6.07) is 10.6. The van der Waals surface area contributed by atoms with Crippen molar-refractivity contribution in [2.75, 3.05) is 11.4 Å². The number of para-hydroxylation sites is 1. The lowest BCUT2D eigenvalue weighted by molar-refractivity contribution is 0.761. The van der Waals surface area contributed by atoms with Gasteiger partial charge in [-0.25, -0.2) is 4.98 Å². The molecule has 0 unspecified atom stereocenters. The third-order valence-corrected chi connectivity index (χ3v) is 4.62. The summed E-state index contributed by atoms with van der Waals surface area (Å²) in [5.74, 6) is 0.924. The molecule has 1 aromatic carbocycles. The molecule has 3 nitrogen and oxygen atoms in total. The number of rotatable bonds is 1. The second kappa shape index (κ2) is 4.72. The molecule has 0 bridgehead atoms. The normalized spacial score (nSPS) is 14.6. The highest BCUT2D eigenvalue weighted by molar-refractivity contribution is 7.16. The Morgan fingerprint density at radius 3 is 3.00 bits per heavy atom. The van der Waals surface area contributed by atoms with Gasteiger partial charge in [0.05, 0.1) is 5.39 Å². The number of hydrogen-bond donors (Lipinski definition) is 0. The fourth-order valence-electron chi connectivity index (χ4n) is 2.77. The van der Waals surface area contributed by atoms with Gasteiger partial charge in [-0.1, -0.05) is 18.2 Å². The molecule has 4 rings (SSSR count). The van der Waals surface area contributed by atoms with Gasteiger partial charge in [0.15, 0.2) is 0 Å². The van der Waals surface area contributed by atoms with E-state index in [0.717, 1.165) is 35.4 Å². The van der Waals surface area contributed by atoms with E-state index in [-0.39, 0.29) is 0 Å². The first-order valence-electron chi connectivity index (χ1n) is 6.59. The van der Waals surface area contributed by atoms with Crippen molar-refractivity contribution >= 4 is 44.7 Å². The smallest absolute Gasteiger partial charge is 0.225 e. The van der Waals surface area contributed by atoms with Crippen molar-refractivity contribution in [2.45, 2.75) is 12.8 Å². The maximum absolute atomic E-state index is 6.08. The minimum atomic E-state index is 0.318. The second-order valence-electron chi connectivity index (χ2n) is 4.84. The molecule has 1 aliphatic heterocycles. The average molecular weight is 302 g/mol. The van der Waals surface area contributed by atoms with Crippen molar-refractivity contribution in [1.29, 1.82) is 0 Å². The molecule has 20 heavy (non-hydrogen) atoms. The molecule has 0 fully saturated rings. The molecule has 3 aromatic rings. The molecular formula is C15H12ClN3S. The predicted molar refractivity (Wildman–Crippen MR) is 84.2 cm³/mol. The summed E-state index contributed by atoms with van der Waals surface area (Å²) in [7, 11) is 0. The first kappa shape index (κ1) is 12.1. The number of nitrogens with zero attached hydrogens (tertiary/aromatic N) is 3. The van der Waals surface area contributed by atoms with Gasteiger partial charge in [-0.2, -0.15) is 4.98 Å². The first-order chi connectivity index (χ1) is 9.83. The van der Waals surface area contributed by atoms with Crippen LogP contribution in [-0.2, 0) is 6.42 Å². The molecule has 0 spiro atoms. The first-order valence-corrected chi connectivity index (χ1v) is 7.85. The topological polar surface area (TPSA) is 29.0 Å². The molecule has 0 N–H and O–H groups in total. The number of aryl methyl sites for hydroxylation is 1. The van der Waals surface area contributed by atoms with E-state index in [9.17, 15) is 0 Å². The van der Waals surface area contributed by atoms with Gasteiger partial charge in [0.1, 0.15) is 10.6 Å². The Morgan fingerprint density at radius 1 is 1.15 bits per heavy atom. The molecule has 2 aromatic heterocycles. The Bertz CT molecular complexity index is 784. The van der Waals surface area contributed by atoms with Crippen molar-refractivity contribution in [2.24, 2.45) is 0 Å². The molecule has 0 amide bonds. The van der Waals surface area contributed by atoms with E-state index in [1.165, 1.54) is 11.3 Å². The van der Waals surface area contributed by atoms with Crippen LogP contribution in [0.1, 0.15) is 12.0 Å². The van der Waals surface area contributed by atoms with E-state index in [2.05, 4.69) is 45.2 Å². The number of anilines is 2. The zero-order chi connectivity index (χ0) is 13.5. The van der Waals surface area contributed by atoms with Crippen LogP contribution in [0.25, 0.3) is 10.2 Å². The van der Waals surface area contributed by atoms with E-state index in [4.69, 9.17) is 11.6 Å². The van der Waals surface area contributed by atoms with Crippen molar-refractivity contribution in [1.82, 2.24) is 9.97 Å². The summed E-state index contributed by atoms with van der Waals surface area (Å²) in [6.45, 7) is 0.968. The number of benzene rings is 1. The predicted octanol–water partition coefficient (Wildman–Crippen LogP) is 4.43. The SMILES string of the molecule is Clc1nc(N2CCCc3ccccc32)c2ccsc2n1. The van der Waals surface area contributed by atoms with E-state index in [1.807, 2.05) is 5.38 Å². The quantitative estimate of drug-likeness (QED) is 0.623. The maximum atomic E-state index is 6.08. The zero-order valence-electron chi connectivity index (χ0n) is 10.7. The van der Waals surface area contributed by atoms with Crippen molar-refractivity contribution in [3.8, 4) is 0 Å². The fraction of sp³-hybridized carbons (Fsp3) is 0.200. The van der Waals surface area contributed by atoms with Crippen LogP contribution in [0.2, 0.25) is 5.28 Å². The summed E-state index contributed by atoms with van der Waals surface area (Å²) in [4.78, 5) is 12.0. The fourth-order valence-corrected chi connectivity index (χ4v) is 3.75. The molecule has 1 aliphatic rings. The van der Waals surface area contributed by atoms with Gasteiger partial charge >= 0.3 is 0 Å². The van der Waals surface area contributed by atoms with Gasteiger partial charge < -0.3 is 4.90 Å². The van der Waals surface area contributed by atoms with Crippen LogP contribution in [0.5, 0.6) is 0 Å². The molecule has 0 aliphatic carbocycles. The molecule has 0 saturated heterocycles. The van der Waals surface area contributed by atoms with Crippen LogP contribution in [-0.4, -0.2) is 16.5 Å². The highest BCUT2D eigenvalue weighted by Crippen LogP contribution is 2.37. The molecule has 5 heteroatoms. The number of thiophene rings is 1. The van der Waals surface area contributed by atoms with Gasteiger partial charge in [0, 0.05) is 12.2 Å². The third-order valence-electron chi connectivity index (χ3n) is 3.64. The molecule has 100 valence electrons. The van der Waals surface area contributed by atoms with Crippen molar-refractivity contribution < 1.29 is 0 Å². The van der Waals surface area contributed by atoms with Crippen molar-refractivity contribution in [3.05, 3.63) is 46.6 Å². The van der Waals surface area contributed by atoms with E-state index in [0.29, 0.717) is 5.28 Å². The van der Waals surface area contributed by atoms with Crippen LogP contribution >= 0.6 is 22.9 Å². The lowest BCUT2D eigenvalue weighted by Gasteiger charge is -2.30. The molecule has 0 atom stereocenters. The molecule has 3 heterocycles. The van der Waals surface area contributed by atoms with Crippen LogP contribution in [0.4, 0.5) is 11.5 Å². The Kier molecular flexibility index (Phi) is 2.86. The van der Waals surface area contributed by atoms with Crippen LogP contribution in [0.15, 0.2) is 35.7 Å². The average Bonchev–Trinajstić information content (AvgIpc) is 2.94. The number of halogens is 1. The standard InChI is InChI=1S/C15H12ClN3S/c16-15-17-13(11-7-9-20-14(11)18-15)19-8-3-5-10-4-1-2-6-12(10)19/h1-2,4,6-7,9H,3,5,8H2. The molecular weight excluding hydrogens is 290 g/mol. The van der Waals surface area contributed by atoms with Gasteiger partial charge in [0.2, 0.25) is 5.28 Å². The van der Waals surface area contributed by atoms with Gasteiger partial charge in [-0.3, -0.25) is 0 Å². The van der Waals surface area contributed by atoms with E-state index >= 15 is 0 Å². The second-order valence-corrected chi connectivity index (χ2v) is 6.07. The number of hydrogen-bond acceptors (Lipinski definition) is 4. The lowest BCUT2D eigenvalue weighted by atomic mass is 10.0. The Hall–Kier alpha value is -1.65. The van der Waals surface area contributed by atoms with Crippen molar-refractivity contribution in [3.63, 3.8) is 0 Å². The van der Waals surface area contributed by atoms with Gasteiger partial charge in [-0.05, 0) is 47.5 Å². The summed E-state index contributed by atoms with van der Waals surface area (Å²) in [6.07, 6.45) is 2.25. The van der Waals surface area contributed by atoms with E-state index < -0.39 is 0 Å². The third kappa shape index (κ3) is 1.87. The molecule has 0 radical (unpaired) electrons. The zero-order valence-corrected chi connectivity index (χ0v) is 12.3. The monoisotopic (exact) mass is 301 g/mol. The van der Waals surface area contributed by atoms with Gasteiger partial charge in [0.25, 0.3) is 0 Å².